The van der Waals surface area contributed by atoms with Gasteiger partial charge in [-0.3, -0.25) is 0 Å². The summed E-state index contributed by atoms with van der Waals surface area (Å²) in [7, 11) is 0. The van der Waals surface area contributed by atoms with Crippen LogP contribution in [0, 0.1) is 11.7 Å². The number of halogens is 2. The van der Waals surface area contributed by atoms with Crippen molar-refractivity contribution in [2.24, 2.45) is 5.92 Å². The van der Waals surface area contributed by atoms with E-state index in [1.807, 2.05) is 0 Å². The van der Waals surface area contributed by atoms with E-state index in [2.05, 4.69) is 24.1 Å². The van der Waals surface area contributed by atoms with Crippen molar-refractivity contribution in [3.05, 3.63) is 29.0 Å². The van der Waals surface area contributed by atoms with E-state index in [9.17, 15) is 4.39 Å². The van der Waals surface area contributed by atoms with Gasteiger partial charge in [0, 0.05) is 24.7 Å². The van der Waals surface area contributed by atoms with Gasteiger partial charge in [-0.15, -0.1) is 0 Å². The predicted molar refractivity (Wildman–Crippen MR) is 77.3 cm³/mol. The van der Waals surface area contributed by atoms with Crippen LogP contribution in [0.5, 0.6) is 0 Å². The molecule has 3 rings (SSSR count). The van der Waals surface area contributed by atoms with Gasteiger partial charge in [-0.25, -0.2) is 4.39 Å². The summed E-state index contributed by atoms with van der Waals surface area (Å²) >= 11 is 6.21. The molecule has 0 amide bonds. The molecule has 0 aromatic heterocycles. The van der Waals surface area contributed by atoms with Crippen LogP contribution in [0.15, 0.2) is 18.2 Å². The minimum atomic E-state index is -0.223. The standard InChI is InChI=1S/C15H20ClFN2/c1-10-8-18-15(2,11-6-7-11)9-19(10)14-12(16)4-3-5-13(14)17/h3-5,10-11,18H,6-9H2,1-2H3. The first-order chi connectivity index (χ1) is 9.01. The summed E-state index contributed by atoms with van der Waals surface area (Å²) in [5.41, 5.74) is 0.642. The van der Waals surface area contributed by atoms with Crippen LogP contribution in [0.2, 0.25) is 5.02 Å². The molecule has 0 radical (unpaired) electrons. The lowest BCUT2D eigenvalue weighted by atomic mass is 9.91. The zero-order chi connectivity index (χ0) is 13.6. The van der Waals surface area contributed by atoms with Crippen molar-refractivity contribution in [2.45, 2.75) is 38.3 Å². The van der Waals surface area contributed by atoms with Gasteiger partial charge in [-0.2, -0.15) is 0 Å². The molecular weight excluding hydrogens is 263 g/mol. The van der Waals surface area contributed by atoms with Crippen molar-refractivity contribution >= 4 is 17.3 Å². The van der Waals surface area contributed by atoms with Gasteiger partial charge in [0.2, 0.25) is 0 Å². The highest BCUT2D eigenvalue weighted by molar-refractivity contribution is 6.33. The maximum atomic E-state index is 14.1. The first-order valence-corrected chi connectivity index (χ1v) is 7.35. The normalized spacial score (nSPS) is 31.6. The molecule has 1 N–H and O–H groups in total. The summed E-state index contributed by atoms with van der Waals surface area (Å²) in [5, 5.41) is 4.15. The number of para-hydroxylation sites is 1. The second-order valence-corrected chi connectivity index (χ2v) is 6.53. The molecule has 1 aliphatic carbocycles. The summed E-state index contributed by atoms with van der Waals surface area (Å²) in [6, 6.07) is 5.17. The maximum Gasteiger partial charge on any atom is 0.148 e. The van der Waals surface area contributed by atoms with E-state index in [4.69, 9.17) is 11.6 Å². The minimum absolute atomic E-state index is 0.0815. The molecule has 1 saturated heterocycles. The Hall–Kier alpha value is -0.800. The summed E-state index contributed by atoms with van der Waals surface area (Å²) in [6.07, 6.45) is 2.55. The third-order valence-electron chi connectivity index (χ3n) is 4.54. The van der Waals surface area contributed by atoms with Gasteiger partial charge in [0.15, 0.2) is 0 Å². The smallest absolute Gasteiger partial charge is 0.148 e. The van der Waals surface area contributed by atoms with E-state index >= 15 is 0 Å². The van der Waals surface area contributed by atoms with Crippen LogP contribution in [-0.4, -0.2) is 24.7 Å². The molecule has 2 nitrogen and oxygen atoms in total. The van der Waals surface area contributed by atoms with Gasteiger partial charge in [0.05, 0.1) is 10.7 Å². The Balaban J connectivity index is 1.93. The quantitative estimate of drug-likeness (QED) is 0.894. The lowest BCUT2D eigenvalue weighted by Crippen LogP contribution is -2.63. The molecule has 2 fully saturated rings. The Bertz CT molecular complexity index is 469. The Morgan fingerprint density at radius 2 is 2.16 bits per heavy atom. The highest BCUT2D eigenvalue weighted by atomic mass is 35.5. The summed E-state index contributed by atoms with van der Waals surface area (Å²) in [5.74, 6) is 0.493. The lowest BCUT2D eigenvalue weighted by Gasteiger charge is -2.47. The fourth-order valence-electron chi connectivity index (χ4n) is 3.11. The van der Waals surface area contributed by atoms with E-state index in [1.54, 1.807) is 12.1 Å². The average molecular weight is 283 g/mol. The van der Waals surface area contributed by atoms with Gasteiger partial charge < -0.3 is 10.2 Å². The highest BCUT2D eigenvalue weighted by Gasteiger charge is 2.45. The zero-order valence-electron chi connectivity index (χ0n) is 11.4. The van der Waals surface area contributed by atoms with Crippen LogP contribution in [0.4, 0.5) is 10.1 Å². The molecule has 1 aromatic rings. The third-order valence-corrected chi connectivity index (χ3v) is 4.84. The van der Waals surface area contributed by atoms with Crippen molar-refractivity contribution in [1.82, 2.24) is 5.32 Å². The molecule has 1 saturated carbocycles. The average Bonchev–Trinajstić information content (AvgIpc) is 3.18. The summed E-state index contributed by atoms with van der Waals surface area (Å²) in [4.78, 5) is 2.13. The lowest BCUT2D eigenvalue weighted by molar-refractivity contribution is 0.259. The van der Waals surface area contributed by atoms with Gasteiger partial charge in [-0.1, -0.05) is 17.7 Å². The SMILES string of the molecule is CC1CNC(C)(C2CC2)CN1c1c(F)cccc1Cl. The Morgan fingerprint density at radius 1 is 1.42 bits per heavy atom. The first kappa shape index (κ1) is 13.2. The zero-order valence-corrected chi connectivity index (χ0v) is 12.2. The van der Waals surface area contributed by atoms with Crippen LogP contribution >= 0.6 is 11.6 Å². The monoisotopic (exact) mass is 282 g/mol. The Labute approximate surface area is 118 Å². The summed E-state index contributed by atoms with van der Waals surface area (Å²) < 4.78 is 14.1. The van der Waals surface area contributed by atoms with Gasteiger partial charge >= 0.3 is 0 Å². The number of piperazine rings is 1. The van der Waals surface area contributed by atoms with Gasteiger partial charge in [-0.05, 0) is 44.7 Å². The van der Waals surface area contributed by atoms with Crippen LogP contribution in [0.3, 0.4) is 0 Å². The van der Waals surface area contributed by atoms with Crippen molar-refractivity contribution in [2.75, 3.05) is 18.0 Å². The van der Waals surface area contributed by atoms with E-state index in [0.717, 1.165) is 13.1 Å². The van der Waals surface area contributed by atoms with Crippen molar-refractivity contribution in [3.8, 4) is 0 Å². The predicted octanol–water partition coefficient (Wildman–Crippen LogP) is 3.45. The molecule has 104 valence electrons. The topological polar surface area (TPSA) is 15.3 Å². The molecule has 0 spiro atoms. The fraction of sp³-hybridized carbons (Fsp3) is 0.600. The number of hydrogen-bond donors (Lipinski definition) is 1. The van der Waals surface area contributed by atoms with Crippen molar-refractivity contribution in [3.63, 3.8) is 0 Å². The second kappa shape index (κ2) is 4.64. The molecule has 2 aliphatic rings. The molecule has 1 heterocycles. The number of rotatable bonds is 2. The fourth-order valence-corrected chi connectivity index (χ4v) is 3.38. The van der Waals surface area contributed by atoms with E-state index in [0.29, 0.717) is 16.6 Å². The molecule has 2 unspecified atom stereocenters. The van der Waals surface area contributed by atoms with Gasteiger partial charge in [0.1, 0.15) is 5.82 Å². The molecule has 0 bridgehead atoms. The molecule has 1 aromatic carbocycles. The second-order valence-electron chi connectivity index (χ2n) is 6.12. The Kier molecular flexibility index (Phi) is 3.22. The number of nitrogens with zero attached hydrogens (tertiary/aromatic N) is 1. The largest absolute Gasteiger partial charge is 0.362 e. The highest BCUT2D eigenvalue weighted by Crippen LogP contribution is 2.43. The molecule has 1 aliphatic heterocycles. The Morgan fingerprint density at radius 3 is 2.79 bits per heavy atom. The van der Waals surface area contributed by atoms with Gasteiger partial charge in [0.25, 0.3) is 0 Å². The number of benzene rings is 1. The maximum absolute atomic E-state index is 14.1. The first-order valence-electron chi connectivity index (χ1n) is 6.97. The van der Waals surface area contributed by atoms with Crippen LogP contribution in [-0.2, 0) is 0 Å². The molecule has 2 atom stereocenters. The van der Waals surface area contributed by atoms with Crippen LogP contribution in [0.1, 0.15) is 26.7 Å². The van der Waals surface area contributed by atoms with Crippen molar-refractivity contribution in [1.29, 1.82) is 0 Å². The van der Waals surface area contributed by atoms with E-state index in [1.165, 1.54) is 18.9 Å². The van der Waals surface area contributed by atoms with Crippen molar-refractivity contribution < 1.29 is 4.39 Å². The van der Waals surface area contributed by atoms with Crippen LogP contribution in [0.25, 0.3) is 0 Å². The molecule has 19 heavy (non-hydrogen) atoms. The molecular formula is C15H20ClFN2. The third kappa shape index (κ3) is 2.34. The number of nitrogens with one attached hydrogen (secondary N) is 1. The van der Waals surface area contributed by atoms with E-state index in [-0.39, 0.29) is 17.4 Å². The van der Waals surface area contributed by atoms with Crippen LogP contribution < -0.4 is 10.2 Å². The number of anilines is 1. The number of hydrogen-bond acceptors (Lipinski definition) is 2. The summed E-state index contributed by atoms with van der Waals surface area (Å²) in [6.45, 7) is 6.05. The minimum Gasteiger partial charge on any atom is -0.362 e. The molecule has 4 heteroatoms. The van der Waals surface area contributed by atoms with E-state index < -0.39 is 0 Å².